The standard InChI is InChI=1S/C15H20FN3O2/c1-2-3-4-21-14(20)19-10-15(11-19)8-18(9-15)13-5-12(16)6-17-7-13/h5-7H,2-4,8-11H2,1H3. The van der Waals surface area contributed by atoms with E-state index in [4.69, 9.17) is 4.74 Å². The third kappa shape index (κ3) is 2.80. The van der Waals surface area contributed by atoms with E-state index in [-0.39, 0.29) is 17.3 Å². The Morgan fingerprint density at radius 1 is 1.38 bits per heavy atom. The van der Waals surface area contributed by atoms with Gasteiger partial charge in [-0.25, -0.2) is 9.18 Å². The molecule has 2 saturated heterocycles. The smallest absolute Gasteiger partial charge is 0.409 e. The quantitative estimate of drug-likeness (QED) is 0.799. The van der Waals surface area contributed by atoms with Crippen molar-refractivity contribution in [3.63, 3.8) is 0 Å². The van der Waals surface area contributed by atoms with Crippen LogP contribution in [0, 0.1) is 11.2 Å². The van der Waals surface area contributed by atoms with E-state index in [1.165, 1.54) is 12.3 Å². The summed E-state index contributed by atoms with van der Waals surface area (Å²) in [4.78, 5) is 19.5. The molecular formula is C15H20FN3O2. The lowest BCUT2D eigenvalue weighted by Gasteiger charge is -2.60. The number of carbonyl (C=O) groups excluding carboxylic acids is 1. The van der Waals surface area contributed by atoms with Crippen molar-refractivity contribution in [1.82, 2.24) is 9.88 Å². The zero-order chi connectivity index (χ0) is 14.9. The summed E-state index contributed by atoms with van der Waals surface area (Å²) < 4.78 is 18.3. The first-order valence-electron chi connectivity index (χ1n) is 7.39. The molecule has 0 N–H and O–H groups in total. The van der Waals surface area contributed by atoms with Crippen LogP contribution in [-0.2, 0) is 4.74 Å². The molecule has 1 spiro atoms. The molecule has 0 unspecified atom stereocenters. The largest absolute Gasteiger partial charge is 0.449 e. The maximum absolute atomic E-state index is 13.1. The molecule has 0 bridgehead atoms. The third-order valence-electron chi connectivity index (χ3n) is 4.14. The Kier molecular flexibility index (Phi) is 3.69. The Balaban J connectivity index is 1.44. The second kappa shape index (κ2) is 5.50. The zero-order valence-electron chi connectivity index (χ0n) is 12.2. The van der Waals surface area contributed by atoms with Crippen molar-refractivity contribution in [3.05, 3.63) is 24.3 Å². The molecule has 1 aromatic rings. The van der Waals surface area contributed by atoms with Gasteiger partial charge in [0.25, 0.3) is 0 Å². The summed E-state index contributed by atoms with van der Waals surface area (Å²) in [6, 6.07) is 1.50. The van der Waals surface area contributed by atoms with Gasteiger partial charge in [0.2, 0.25) is 0 Å². The Hall–Kier alpha value is -1.85. The van der Waals surface area contributed by atoms with Crippen LogP contribution in [-0.4, -0.2) is 48.8 Å². The number of carbonyl (C=O) groups is 1. The lowest BCUT2D eigenvalue weighted by molar-refractivity contribution is -0.0207. The van der Waals surface area contributed by atoms with Gasteiger partial charge in [-0.1, -0.05) is 13.3 Å². The van der Waals surface area contributed by atoms with Gasteiger partial charge in [-0.05, 0) is 6.42 Å². The van der Waals surface area contributed by atoms with Gasteiger partial charge in [0, 0.05) is 37.7 Å². The van der Waals surface area contributed by atoms with Gasteiger partial charge in [0.1, 0.15) is 5.82 Å². The van der Waals surface area contributed by atoms with Crippen LogP contribution < -0.4 is 4.90 Å². The number of aromatic nitrogens is 1. The van der Waals surface area contributed by atoms with Gasteiger partial charge in [-0.3, -0.25) is 4.98 Å². The monoisotopic (exact) mass is 293 g/mol. The number of halogens is 1. The number of hydrogen-bond donors (Lipinski definition) is 0. The molecular weight excluding hydrogens is 273 g/mol. The molecule has 6 heteroatoms. The van der Waals surface area contributed by atoms with Crippen LogP contribution in [0.3, 0.4) is 0 Å². The second-order valence-corrected chi connectivity index (χ2v) is 6.04. The van der Waals surface area contributed by atoms with E-state index in [1.807, 2.05) is 0 Å². The van der Waals surface area contributed by atoms with Crippen molar-refractivity contribution in [2.45, 2.75) is 19.8 Å². The van der Waals surface area contributed by atoms with Crippen molar-refractivity contribution >= 4 is 11.8 Å². The average Bonchev–Trinajstić information content (AvgIpc) is 2.36. The Morgan fingerprint density at radius 3 is 2.81 bits per heavy atom. The first-order valence-corrected chi connectivity index (χ1v) is 7.39. The molecule has 3 rings (SSSR count). The summed E-state index contributed by atoms with van der Waals surface area (Å²) in [5.41, 5.74) is 0.973. The van der Waals surface area contributed by atoms with Gasteiger partial charge in [-0.15, -0.1) is 0 Å². The van der Waals surface area contributed by atoms with Gasteiger partial charge in [-0.2, -0.15) is 0 Å². The number of ether oxygens (including phenoxy) is 1. The van der Waals surface area contributed by atoms with Crippen molar-refractivity contribution in [3.8, 4) is 0 Å². The third-order valence-corrected chi connectivity index (χ3v) is 4.14. The molecule has 0 aromatic carbocycles. The van der Waals surface area contributed by atoms with E-state index in [0.29, 0.717) is 6.61 Å². The first-order chi connectivity index (χ1) is 10.1. The number of anilines is 1. The number of nitrogens with zero attached hydrogens (tertiary/aromatic N) is 3. The van der Waals surface area contributed by atoms with Crippen LogP contribution in [0.1, 0.15) is 19.8 Å². The number of likely N-dealkylation sites (tertiary alicyclic amines) is 1. The molecule has 5 nitrogen and oxygen atoms in total. The van der Waals surface area contributed by atoms with Gasteiger partial charge >= 0.3 is 6.09 Å². The maximum Gasteiger partial charge on any atom is 0.409 e. The minimum Gasteiger partial charge on any atom is -0.449 e. The predicted octanol–water partition coefficient (Wildman–Crippen LogP) is 2.28. The molecule has 2 aliphatic heterocycles. The Morgan fingerprint density at radius 2 is 2.14 bits per heavy atom. The van der Waals surface area contributed by atoms with Gasteiger partial charge < -0.3 is 14.5 Å². The van der Waals surface area contributed by atoms with E-state index in [9.17, 15) is 9.18 Å². The molecule has 2 fully saturated rings. The van der Waals surface area contributed by atoms with Crippen LogP contribution in [0.4, 0.5) is 14.9 Å². The summed E-state index contributed by atoms with van der Waals surface area (Å²) >= 11 is 0. The highest BCUT2D eigenvalue weighted by Crippen LogP contribution is 2.41. The lowest BCUT2D eigenvalue weighted by Crippen LogP contribution is -2.73. The molecule has 2 aliphatic rings. The molecule has 0 saturated carbocycles. The Bertz CT molecular complexity index is 523. The highest BCUT2D eigenvalue weighted by Gasteiger charge is 2.53. The van der Waals surface area contributed by atoms with Crippen LogP contribution in [0.15, 0.2) is 18.5 Å². The van der Waals surface area contributed by atoms with Crippen molar-refractivity contribution in [2.75, 3.05) is 37.7 Å². The Labute approximate surface area is 123 Å². The SMILES string of the molecule is CCCCOC(=O)N1CC2(C1)CN(c1cncc(F)c1)C2. The molecule has 21 heavy (non-hydrogen) atoms. The second-order valence-electron chi connectivity index (χ2n) is 6.04. The number of pyridine rings is 1. The molecule has 1 aromatic heterocycles. The zero-order valence-corrected chi connectivity index (χ0v) is 12.2. The molecule has 114 valence electrons. The van der Waals surface area contributed by atoms with Crippen LogP contribution in [0.25, 0.3) is 0 Å². The van der Waals surface area contributed by atoms with Gasteiger partial charge in [0.05, 0.1) is 24.7 Å². The number of unbranched alkanes of at least 4 members (excludes halogenated alkanes) is 1. The van der Waals surface area contributed by atoms with E-state index >= 15 is 0 Å². The first kappa shape index (κ1) is 14.1. The minimum atomic E-state index is -0.316. The minimum absolute atomic E-state index is 0.163. The summed E-state index contributed by atoms with van der Waals surface area (Å²) in [5, 5.41) is 0. The number of amides is 1. The number of hydrogen-bond acceptors (Lipinski definition) is 4. The van der Waals surface area contributed by atoms with E-state index in [0.717, 1.165) is 44.7 Å². The highest BCUT2D eigenvalue weighted by atomic mass is 19.1. The molecule has 0 aliphatic carbocycles. The molecule has 0 radical (unpaired) electrons. The van der Waals surface area contributed by atoms with Crippen LogP contribution >= 0.6 is 0 Å². The van der Waals surface area contributed by atoms with E-state index in [2.05, 4.69) is 16.8 Å². The molecule has 1 amide bonds. The van der Waals surface area contributed by atoms with Gasteiger partial charge in [0.15, 0.2) is 0 Å². The highest BCUT2D eigenvalue weighted by molar-refractivity contribution is 5.69. The van der Waals surface area contributed by atoms with E-state index < -0.39 is 0 Å². The van der Waals surface area contributed by atoms with Crippen molar-refractivity contribution < 1.29 is 13.9 Å². The summed E-state index contributed by atoms with van der Waals surface area (Å²) in [6.45, 7) is 5.72. The number of rotatable bonds is 4. The molecule has 3 heterocycles. The lowest BCUT2D eigenvalue weighted by atomic mass is 9.73. The van der Waals surface area contributed by atoms with Crippen molar-refractivity contribution in [2.24, 2.45) is 5.41 Å². The average molecular weight is 293 g/mol. The predicted molar refractivity (Wildman–Crippen MR) is 76.7 cm³/mol. The fourth-order valence-corrected chi connectivity index (χ4v) is 3.01. The fraction of sp³-hybridized carbons (Fsp3) is 0.600. The normalized spacial score (nSPS) is 19.1. The topological polar surface area (TPSA) is 45.7 Å². The van der Waals surface area contributed by atoms with Crippen LogP contribution in [0.5, 0.6) is 0 Å². The summed E-state index contributed by atoms with van der Waals surface area (Å²) in [7, 11) is 0. The summed E-state index contributed by atoms with van der Waals surface area (Å²) in [6.07, 6.45) is 4.60. The van der Waals surface area contributed by atoms with Crippen molar-refractivity contribution in [1.29, 1.82) is 0 Å². The maximum atomic E-state index is 13.1. The fourth-order valence-electron chi connectivity index (χ4n) is 3.01. The molecule has 0 atom stereocenters. The van der Waals surface area contributed by atoms with E-state index in [1.54, 1.807) is 11.1 Å². The summed E-state index contributed by atoms with van der Waals surface area (Å²) in [5.74, 6) is -0.316. The van der Waals surface area contributed by atoms with Crippen LogP contribution in [0.2, 0.25) is 0 Å².